The number of rotatable bonds is 11. The quantitative estimate of drug-likeness (QED) is 0.234. The minimum atomic E-state index is -1.34. The summed E-state index contributed by atoms with van der Waals surface area (Å²) in [6.07, 6.45) is 0.211. The Labute approximate surface area is 202 Å². The van der Waals surface area contributed by atoms with Crippen molar-refractivity contribution in [1.29, 1.82) is 0 Å². The number of hydrogen-bond donors (Lipinski definition) is 6. The van der Waals surface area contributed by atoms with Crippen molar-refractivity contribution < 1.29 is 39.3 Å². The van der Waals surface area contributed by atoms with Gasteiger partial charge in [-0.15, -0.1) is 0 Å². The zero-order valence-corrected chi connectivity index (χ0v) is 19.6. The predicted octanol–water partition coefficient (Wildman–Crippen LogP) is -0.562. The molecule has 1 aliphatic heterocycles. The van der Waals surface area contributed by atoms with Crippen LogP contribution in [-0.2, 0) is 30.4 Å². The van der Waals surface area contributed by atoms with Crippen molar-refractivity contribution in [2.45, 2.75) is 63.7 Å². The fourth-order valence-corrected chi connectivity index (χ4v) is 3.87. The van der Waals surface area contributed by atoms with Crippen molar-refractivity contribution in [2.75, 3.05) is 6.54 Å². The van der Waals surface area contributed by atoms with E-state index in [1.54, 1.807) is 26.0 Å². The minimum absolute atomic E-state index is 0.0197. The standard InChI is InChI=1S/C23H32N4O8/c1-12(2)19(26-20(31)15(24)11-18(29)30)22(33)27-9-3-4-17(27)21(32)25-16(23(34)35)10-13-5-7-14(28)8-6-13/h5-8,12,15-17,19,28H,3-4,9-11,24H2,1-2H3,(H,25,32)(H,26,31)(H,29,30)(H,34,35). The van der Waals surface area contributed by atoms with E-state index in [1.165, 1.54) is 17.0 Å². The molecule has 1 fully saturated rings. The summed E-state index contributed by atoms with van der Waals surface area (Å²) in [5, 5.41) is 32.8. The minimum Gasteiger partial charge on any atom is -0.508 e. The zero-order valence-electron chi connectivity index (χ0n) is 19.6. The van der Waals surface area contributed by atoms with Gasteiger partial charge in [-0.25, -0.2) is 4.79 Å². The lowest BCUT2D eigenvalue weighted by Gasteiger charge is -2.31. The smallest absolute Gasteiger partial charge is 0.326 e. The highest BCUT2D eigenvalue weighted by Crippen LogP contribution is 2.21. The highest BCUT2D eigenvalue weighted by molar-refractivity contribution is 5.95. The molecule has 1 saturated heterocycles. The van der Waals surface area contributed by atoms with E-state index in [0.717, 1.165) is 0 Å². The molecular weight excluding hydrogens is 460 g/mol. The second kappa shape index (κ2) is 12.2. The van der Waals surface area contributed by atoms with Crippen molar-refractivity contribution in [1.82, 2.24) is 15.5 Å². The lowest BCUT2D eigenvalue weighted by atomic mass is 10.0. The second-order valence-corrected chi connectivity index (χ2v) is 8.89. The number of benzene rings is 1. The van der Waals surface area contributed by atoms with Crippen LogP contribution in [0.1, 0.15) is 38.7 Å². The number of amides is 3. The summed E-state index contributed by atoms with van der Waals surface area (Å²) in [5.74, 6) is -4.80. The van der Waals surface area contributed by atoms with Crippen LogP contribution in [0, 0.1) is 5.92 Å². The van der Waals surface area contributed by atoms with Gasteiger partial charge in [0.15, 0.2) is 0 Å². The van der Waals surface area contributed by atoms with Crippen molar-refractivity contribution in [3.63, 3.8) is 0 Å². The van der Waals surface area contributed by atoms with E-state index < -0.39 is 60.2 Å². The number of carboxylic acids is 2. The molecule has 192 valence electrons. The molecule has 12 nitrogen and oxygen atoms in total. The van der Waals surface area contributed by atoms with Gasteiger partial charge in [0.05, 0.1) is 12.5 Å². The van der Waals surface area contributed by atoms with Crippen LogP contribution in [0.5, 0.6) is 5.75 Å². The van der Waals surface area contributed by atoms with Gasteiger partial charge in [0, 0.05) is 13.0 Å². The molecular formula is C23H32N4O8. The maximum atomic E-state index is 13.3. The average Bonchev–Trinajstić information content (AvgIpc) is 3.27. The summed E-state index contributed by atoms with van der Waals surface area (Å²) in [4.78, 5) is 62.4. The third kappa shape index (κ3) is 7.67. The van der Waals surface area contributed by atoms with Crippen LogP contribution >= 0.6 is 0 Å². The highest BCUT2D eigenvalue weighted by atomic mass is 16.4. The van der Waals surface area contributed by atoms with Gasteiger partial charge in [-0.2, -0.15) is 0 Å². The summed E-state index contributed by atoms with van der Waals surface area (Å²) in [6, 6.07) is 1.38. The van der Waals surface area contributed by atoms with Gasteiger partial charge in [0.25, 0.3) is 0 Å². The molecule has 0 aliphatic carbocycles. The first-order valence-corrected chi connectivity index (χ1v) is 11.3. The number of hydrogen-bond acceptors (Lipinski definition) is 7. The normalized spacial score (nSPS) is 17.9. The van der Waals surface area contributed by atoms with Gasteiger partial charge in [-0.05, 0) is 36.5 Å². The van der Waals surface area contributed by atoms with Gasteiger partial charge in [-0.1, -0.05) is 26.0 Å². The van der Waals surface area contributed by atoms with E-state index in [1.807, 2.05) is 0 Å². The molecule has 1 aromatic carbocycles. The van der Waals surface area contributed by atoms with Crippen LogP contribution in [0.25, 0.3) is 0 Å². The lowest BCUT2D eigenvalue weighted by Crippen LogP contribution is -2.58. The molecule has 12 heteroatoms. The highest BCUT2D eigenvalue weighted by Gasteiger charge is 2.40. The number of phenolic OH excluding ortho intramolecular Hbond substituents is 1. The van der Waals surface area contributed by atoms with E-state index in [9.17, 15) is 34.2 Å². The summed E-state index contributed by atoms with van der Waals surface area (Å²) < 4.78 is 0. The molecule has 3 amide bonds. The number of nitrogens with two attached hydrogens (primary N) is 1. The van der Waals surface area contributed by atoms with Gasteiger partial charge in [-0.3, -0.25) is 19.2 Å². The Hall–Kier alpha value is -3.67. The maximum Gasteiger partial charge on any atom is 0.326 e. The largest absolute Gasteiger partial charge is 0.508 e. The third-order valence-electron chi connectivity index (χ3n) is 5.79. The molecule has 7 N–H and O–H groups in total. The van der Waals surface area contributed by atoms with Crippen molar-refractivity contribution in [3.8, 4) is 5.75 Å². The molecule has 1 aromatic rings. The molecule has 4 unspecified atom stereocenters. The zero-order chi connectivity index (χ0) is 26.3. The summed E-state index contributed by atoms with van der Waals surface area (Å²) in [7, 11) is 0. The molecule has 1 aliphatic rings. The van der Waals surface area contributed by atoms with E-state index in [-0.39, 0.29) is 24.6 Å². The van der Waals surface area contributed by atoms with Gasteiger partial charge >= 0.3 is 11.9 Å². The Morgan fingerprint density at radius 3 is 2.26 bits per heavy atom. The van der Waals surface area contributed by atoms with Gasteiger partial charge < -0.3 is 36.6 Å². The third-order valence-corrected chi connectivity index (χ3v) is 5.79. The number of nitrogens with zero attached hydrogens (tertiary/aromatic N) is 1. The Kier molecular flexibility index (Phi) is 9.58. The maximum absolute atomic E-state index is 13.3. The molecule has 0 aromatic heterocycles. The molecule has 2 rings (SSSR count). The van der Waals surface area contributed by atoms with E-state index in [2.05, 4.69) is 10.6 Å². The summed E-state index contributed by atoms with van der Waals surface area (Å²) >= 11 is 0. The van der Waals surface area contributed by atoms with Crippen LogP contribution in [0.15, 0.2) is 24.3 Å². The lowest BCUT2D eigenvalue weighted by molar-refractivity contribution is -0.145. The topological polar surface area (TPSA) is 199 Å². The predicted molar refractivity (Wildman–Crippen MR) is 123 cm³/mol. The number of carboxylic acid groups (broad SMARTS) is 2. The van der Waals surface area contributed by atoms with Crippen LogP contribution in [0.4, 0.5) is 0 Å². The Bertz CT molecular complexity index is 949. The number of phenols is 1. The first-order valence-electron chi connectivity index (χ1n) is 11.3. The number of aliphatic carboxylic acids is 2. The monoisotopic (exact) mass is 492 g/mol. The molecule has 0 saturated carbocycles. The first kappa shape index (κ1) is 27.6. The van der Waals surface area contributed by atoms with Crippen molar-refractivity contribution in [3.05, 3.63) is 29.8 Å². The number of likely N-dealkylation sites (tertiary alicyclic amines) is 1. The van der Waals surface area contributed by atoms with Crippen molar-refractivity contribution >= 4 is 29.7 Å². The van der Waals surface area contributed by atoms with Crippen molar-refractivity contribution in [2.24, 2.45) is 11.7 Å². The van der Waals surface area contributed by atoms with E-state index >= 15 is 0 Å². The molecule has 0 radical (unpaired) electrons. The average molecular weight is 493 g/mol. The Morgan fingerprint density at radius 1 is 1.09 bits per heavy atom. The number of carbonyl (C=O) groups excluding carboxylic acids is 3. The van der Waals surface area contributed by atoms with E-state index in [4.69, 9.17) is 10.8 Å². The summed E-state index contributed by atoms with van der Waals surface area (Å²) in [5.41, 5.74) is 6.19. The van der Waals surface area contributed by atoms with Crippen LogP contribution in [0.3, 0.4) is 0 Å². The molecule has 35 heavy (non-hydrogen) atoms. The first-order chi connectivity index (χ1) is 16.4. The fraction of sp³-hybridized carbons (Fsp3) is 0.522. The summed E-state index contributed by atoms with van der Waals surface area (Å²) in [6.45, 7) is 3.62. The van der Waals surface area contributed by atoms with Gasteiger partial charge in [0.2, 0.25) is 17.7 Å². The van der Waals surface area contributed by atoms with Crippen LogP contribution in [-0.4, -0.2) is 80.6 Å². The Morgan fingerprint density at radius 2 is 1.71 bits per heavy atom. The van der Waals surface area contributed by atoms with Gasteiger partial charge in [0.1, 0.15) is 23.9 Å². The molecule has 0 spiro atoms. The Balaban J connectivity index is 2.11. The second-order valence-electron chi connectivity index (χ2n) is 8.89. The molecule has 0 bridgehead atoms. The van der Waals surface area contributed by atoms with Crippen LogP contribution in [0.2, 0.25) is 0 Å². The fourth-order valence-electron chi connectivity index (χ4n) is 3.87. The van der Waals surface area contributed by atoms with E-state index in [0.29, 0.717) is 18.4 Å². The molecule has 1 heterocycles. The number of aromatic hydroxyl groups is 1. The number of carbonyl (C=O) groups is 5. The van der Waals surface area contributed by atoms with Crippen LogP contribution < -0.4 is 16.4 Å². The molecule has 4 atom stereocenters. The number of nitrogens with one attached hydrogen (secondary N) is 2. The SMILES string of the molecule is CC(C)C(NC(=O)C(N)CC(=O)O)C(=O)N1CCCC1C(=O)NC(Cc1ccc(O)cc1)C(=O)O.